The van der Waals surface area contributed by atoms with Crippen LogP contribution in [-0.4, -0.2) is 16.2 Å². The molecule has 0 radical (unpaired) electrons. The quantitative estimate of drug-likeness (QED) is 0.844. The van der Waals surface area contributed by atoms with Gasteiger partial charge in [0.2, 0.25) is 0 Å². The lowest BCUT2D eigenvalue weighted by molar-refractivity contribution is 0.129. The summed E-state index contributed by atoms with van der Waals surface area (Å²) in [5.74, 6) is 1.01. The maximum atomic E-state index is 10.2. The fourth-order valence-electron chi connectivity index (χ4n) is 2.80. The van der Waals surface area contributed by atoms with Gasteiger partial charge in [0, 0.05) is 17.8 Å². The number of hydrogen-bond acceptors (Lipinski definition) is 2. The van der Waals surface area contributed by atoms with Crippen LogP contribution in [0.5, 0.6) is 0 Å². The molecule has 0 aromatic carbocycles. The van der Waals surface area contributed by atoms with Crippen LogP contribution in [-0.2, 0) is 0 Å². The Morgan fingerprint density at radius 3 is 2.76 bits per heavy atom. The summed E-state index contributed by atoms with van der Waals surface area (Å²) in [5, 5.41) is 10.2. The van der Waals surface area contributed by atoms with Gasteiger partial charge in [0.25, 0.3) is 0 Å². The first-order valence-corrected chi connectivity index (χ1v) is 6.86. The summed E-state index contributed by atoms with van der Waals surface area (Å²) in [7, 11) is 0. The molecule has 2 rings (SSSR count). The smallest absolute Gasteiger partial charge is 0.0621 e. The minimum Gasteiger partial charge on any atom is -0.392 e. The van der Waals surface area contributed by atoms with Crippen LogP contribution in [0.4, 0.5) is 0 Å². The Balaban J connectivity index is 1.80. The number of nitrogens with zero attached hydrogens (tertiary/aromatic N) is 1. The highest BCUT2D eigenvalue weighted by molar-refractivity contribution is 5.09. The summed E-state index contributed by atoms with van der Waals surface area (Å²) in [6.07, 6.45) is 9.16. The van der Waals surface area contributed by atoms with Crippen LogP contribution in [0.25, 0.3) is 0 Å². The van der Waals surface area contributed by atoms with Crippen molar-refractivity contribution < 1.29 is 5.11 Å². The van der Waals surface area contributed by atoms with E-state index in [2.05, 4.69) is 11.9 Å². The molecular weight excluding hydrogens is 210 g/mol. The minimum absolute atomic E-state index is 0.151. The van der Waals surface area contributed by atoms with Gasteiger partial charge in [-0.3, -0.25) is 4.98 Å². The zero-order valence-electron chi connectivity index (χ0n) is 10.7. The Labute approximate surface area is 104 Å². The van der Waals surface area contributed by atoms with Gasteiger partial charge in [0.1, 0.15) is 0 Å². The van der Waals surface area contributed by atoms with E-state index in [-0.39, 0.29) is 12.0 Å². The molecule has 2 nitrogen and oxygen atoms in total. The second-order valence-electron chi connectivity index (χ2n) is 5.34. The van der Waals surface area contributed by atoms with Gasteiger partial charge >= 0.3 is 0 Å². The SMILES string of the molecule is CC(c1ccccn1)C(O)CCC1CCCC1. The Hall–Kier alpha value is -0.890. The molecule has 1 heterocycles. The molecule has 0 aliphatic heterocycles. The first-order chi connectivity index (χ1) is 8.27. The third-order valence-electron chi connectivity index (χ3n) is 4.08. The van der Waals surface area contributed by atoms with Gasteiger partial charge in [0.15, 0.2) is 0 Å². The predicted octanol–water partition coefficient (Wildman–Crippen LogP) is 3.52. The molecular formula is C15H23NO. The average molecular weight is 233 g/mol. The van der Waals surface area contributed by atoms with E-state index in [1.807, 2.05) is 18.2 Å². The number of hydrogen-bond donors (Lipinski definition) is 1. The summed E-state index contributed by atoms with van der Waals surface area (Å²) in [5.41, 5.74) is 1.01. The van der Waals surface area contributed by atoms with Crippen molar-refractivity contribution in [3.8, 4) is 0 Å². The Morgan fingerprint density at radius 2 is 2.12 bits per heavy atom. The lowest BCUT2D eigenvalue weighted by atomic mass is 9.92. The molecule has 0 saturated heterocycles. The first kappa shape index (κ1) is 12.6. The Morgan fingerprint density at radius 1 is 1.35 bits per heavy atom. The lowest BCUT2D eigenvalue weighted by Gasteiger charge is -2.19. The highest BCUT2D eigenvalue weighted by Crippen LogP contribution is 2.30. The van der Waals surface area contributed by atoms with E-state index in [1.54, 1.807) is 6.20 Å². The van der Waals surface area contributed by atoms with Crippen molar-refractivity contribution in [2.45, 2.75) is 57.5 Å². The molecule has 0 bridgehead atoms. The highest BCUT2D eigenvalue weighted by Gasteiger charge is 2.20. The molecule has 1 aromatic rings. The van der Waals surface area contributed by atoms with Crippen LogP contribution < -0.4 is 0 Å². The molecule has 17 heavy (non-hydrogen) atoms. The van der Waals surface area contributed by atoms with Gasteiger partial charge < -0.3 is 5.11 Å². The standard InChI is InChI=1S/C15H23NO/c1-12(14-8-4-5-11-16-14)15(17)10-9-13-6-2-3-7-13/h4-5,8,11-13,15,17H,2-3,6-7,9-10H2,1H3. The second kappa shape index (κ2) is 6.15. The van der Waals surface area contributed by atoms with Crippen LogP contribution in [0.1, 0.15) is 57.1 Å². The van der Waals surface area contributed by atoms with Gasteiger partial charge in [-0.2, -0.15) is 0 Å². The lowest BCUT2D eigenvalue weighted by Crippen LogP contribution is -2.17. The van der Waals surface area contributed by atoms with Crippen molar-refractivity contribution in [2.24, 2.45) is 5.92 Å². The highest BCUT2D eigenvalue weighted by atomic mass is 16.3. The van der Waals surface area contributed by atoms with E-state index >= 15 is 0 Å². The van der Waals surface area contributed by atoms with Crippen molar-refractivity contribution in [1.29, 1.82) is 0 Å². The Bertz CT molecular complexity index is 319. The summed E-state index contributed by atoms with van der Waals surface area (Å²) < 4.78 is 0. The largest absolute Gasteiger partial charge is 0.392 e. The fourth-order valence-corrected chi connectivity index (χ4v) is 2.80. The predicted molar refractivity (Wildman–Crippen MR) is 69.9 cm³/mol. The van der Waals surface area contributed by atoms with Crippen LogP contribution in [0.2, 0.25) is 0 Å². The van der Waals surface area contributed by atoms with Gasteiger partial charge in [0.05, 0.1) is 6.10 Å². The van der Waals surface area contributed by atoms with Gasteiger partial charge in [-0.1, -0.05) is 38.7 Å². The maximum Gasteiger partial charge on any atom is 0.0621 e. The number of aliphatic hydroxyl groups excluding tert-OH is 1. The molecule has 2 unspecified atom stereocenters. The average Bonchev–Trinajstić information content (AvgIpc) is 2.89. The molecule has 1 aliphatic rings. The van der Waals surface area contributed by atoms with Crippen LogP contribution in [0.15, 0.2) is 24.4 Å². The number of aliphatic hydroxyl groups is 1. The van der Waals surface area contributed by atoms with E-state index in [4.69, 9.17) is 0 Å². The zero-order valence-corrected chi connectivity index (χ0v) is 10.7. The molecule has 1 N–H and O–H groups in total. The van der Waals surface area contributed by atoms with Gasteiger partial charge in [-0.25, -0.2) is 0 Å². The third kappa shape index (κ3) is 3.53. The van der Waals surface area contributed by atoms with E-state index < -0.39 is 0 Å². The second-order valence-corrected chi connectivity index (χ2v) is 5.34. The molecule has 1 aromatic heterocycles. The van der Waals surface area contributed by atoms with Crippen molar-refractivity contribution in [2.75, 3.05) is 0 Å². The zero-order chi connectivity index (χ0) is 12.1. The van der Waals surface area contributed by atoms with Gasteiger partial charge in [-0.15, -0.1) is 0 Å². The summed E-state index contributed by atoms with van der Waals surface area (Å²) >= 11 is 0. The van der Waals surface area contributed by atoms with Crippen LogP contribution >= 0.6 is 0 Å². The number of rotatable bonds is 5. The van der Waals surface area contributed by atoms with Crippen molar-refractivity contribution in [3.63, 3.8) is 0 Å². The fraction of sp³-hybridized carbons (Fsp3) is 0.667. The van der Waals surface area contributed by atoms with Crippen molar-refractivity contribution >= 4 is 0 Å². The molecule has 0 amide bonds. The molecule has 94 valence electrons. The minimum atomic E-state index is -0.245. The molecule has 2 heteroatoms. The van der Waals surface area contributed by atoms with E-state index in [0.717, 1.165) is 18.0 Å². The first-order valence-electron chi connectivity index (χ1n) is 6.86. The Kier molecular flexibility index (Phi) is 4.55. The molecule has 2 atom stereocenters. The summed E-state index contributed by atoms with van der Waals surface area (Å²) in [4.78, 5) is 4.32. The molecule has 0 spiro atoms. The normalized spacial score (nSPS) is 20.4. The van der Waals surface area contributed by atoms with E-state index in [1.165, 1.54) is 32.1 Å². The van der Waals surface area contributed by atoms with Crippen LogP contribution in [0.3, 0.4) is 0 Å². The van der Waals surface area contributed by atoms with Crippen molar-refractivity contribution in [1.82, 2.24) is 4.98 Å². The molecule has 1 aliphatic carbocycles. The molecule has 1 fully saturated rings. The third-order valence-corrected chi connectivity index (χ3v) is 4.08. The van der Waals surface area contributed by atoms with Crippen molar-refractivity contribution in [3.05, 3.63) is 30.1 Å². The maximum absolute atomic E-state index is 10.2. The monoisotopic (exact) mass is 233 g/mol. The van der Waals surface area contributed by atoms with E-state index in [9.17, 15) is 5.11 Å². The number of pyridine rings is 1. The van der Waals surface area contributed by atoms with E-state index in [0.29, 0.717) is 0 Å². The van der Waals surface area contributed by atoms with Gasteiger partial charge in [-0.05, 0) is 30.9 Å². The van der Waals surface area contributed by atoms with Crippen LogP contribution in [0, 0.1) is 5.92 Å². The topological polar surface area (TPSA) is 33.1 Å². The number of aromatic nitrogens is 1. The summed E-state index contributed by atoms with van der Waals surface area (Å²) in [6, 6.07) is 5.91. The molecule has 1 saturated carbocycles. The summed E-state index contributed by atoms with van der Waals surface area (Å²) in [6.45, 7) is 2.07.